The zero-order chi connectivity index (χ0) is 10.9. The van der Waals surface area contributed by atoms with Gasteiger partial charge >= 0.3 is 0 Å². The van der Waals surface area contributed by atoms with Crippen molar-refractivity contribution in [2.75, 3.05) is 25.4 Å². The SMILES string of the molecule is CCN(CC)CC.CCS(=O)(=O)O. The maximum absolute atomic E-state index is 9.56. The fourth-order valence-electron chi connectivity index (χ4n) is 0.671. The van der Waals surface area contributed by atoms with Gasteiger partial charge in [0.1, 0.15) is 0 Å². The summed E-state index contributed by atoms with van der Waals surface area (Å²) >= 11 is 0. The first-order valence-corrected chi connectivity index (χ1v) is 6.19. The van der Waals surface area contributed by atoms with E-state index >= 15 is 0 Å². The Morgan fingerprint density at radius 2 is 1.23 bits per heavy atom. The van der Waals surface area contributed by atoms with Gasteiger partial charge in [0.15, 0.2) is 0 Å². The van der Waals surface area contributed by atoms with Crippen molar-refractivity contribution in [2.24, 2.45) is 0 Å². The highest BCUT2D eigenvalue weighted by Crippen LogP contribution is 1.81. The van der Waals surface area contributed by atoms with E-state index < -0.39 is 10.1 Å². The maximum atomic E-state index is 9.56. The largest absolute Gasteiger partial charge is 0.304 e. The highest BCUT2D eigenvalue weighted by atomic mass is 32.2. The Kier molecular flexibility index (Phi) is 10.00. The van der Waals surface area contributed by atoms with E-state index in [1.54, 1.807) is 0 Å². The molecule has 0 unspecified atom stereocenters. The van der Waals surface area contributed by atoms with Gasteiger partial charge in [-0.05, 0) is 26.6 Å². The predicted octanol–water partition coefficient (Wildman–Crippen LogP) is 1.24. The van der Waals surface area contributed by atoms with Gasteiger partial charge < -0.3 is 4.90 Å². The average molecular weight is 211 g/mol. The average Bonchev–Trinajstić information content (AvgIpc) is 2.07. The highest BCUT2D eigenvalue weighted by molar-refractivity contribution is 7.85. The molecule has 5 heteroatoms. The molecule has 0 aliphatic rings. The van der Waals surface area contributed by atoms with Crippen molar-refractivity contribution >= 4 is 10.1 Å². The number of rotatable bonds is 4. The molecule has 0 aromatic rings. The lowest BCUT2D eigenvalue weighted by atomic mass is 10.5. The summed E-state index contributed by atoms with van der Waals surface area (Å²) in [5, 5.41) is 0. The van der Waals surface area contributed by atoms with Crippen LogP contribution in [0.4, 0.5) is 0 Å². The van der Waals surface area contributed by atoms with Crippen LogP contribution in [0.3, 0.4) is 0 Å². The molecule has 82 valence electrons. The van der Waals surface area contributed by atoms with Gasteiger partial charge in [-0.3, -0.25) is 4.55 Å². The van der Waals surface area contributed by atoms with E-state index in [-0.39, 0.29) is 5.75 Å². The lowest BCUT2D eigenvalue weighted by Gasteiger charge is -2.13. The summed E-state index contributed by atoms with van der Waals surface area (Å²) < 4.78 is 26.9. The Morgan fingerprint density at radius 1 is 1.00 bits per heavy atom. The second-order valence-corrected chi connectivity index (χ2v) is 4.23. The number of hydrogen-bond donors (Lipinski definition) is 1. The summed E-state index contributed by atoms with van der Waals surface area (Å²) in [6.45, 7) is 11.5. The van der Waals surface area contributed by atoms with Crippen molar-refractivity contribution in [3.05, 3.63) is 0 Å². The van der Waals surface area contributed by atoms with Gasteiger partial charge in [-0.1, -0.05) is 20.8 Å². The first kappa shape index (κ1) is 15.3. The van der Waals surface area contributed by atoms with Crippen LogP contribution in [0.25, 0.3) is 0 Å². The van der Waals surface area contributed by atoms with Gasteiger partial charge in [-0.2, -0.15) is 8.42 Å². The lowest BCUT2D eigenvalue weighted by molar-refractivity contribution is 0.321. The Hall–Kier alpha value is -0.130. The minimum atomic E-state index is -3.66. The van der Waals surface area contributed by atoms with Gasteiger partial charge in [0, 0.05) is 0 Å². The second-order valence-electron chi connectivity index (χ2n) is 2.49. The van der Waals surface area contributed by atoms with Crippen LogP contribution in [-0.4, -0.2) is 43.3 Å². The predicted molar refractivity (Wildman–Crippen MR) is 55.6 cm³/mol. The quantitative estimate of drug-likeness (QED) is 0.711. The summed E-state index contributed by atoms with van der Waals surface area (Å²) in [5.74, 6) is -0.201. The molecule has 0 aliphatic carbocycles. The molecule has 0 atom stereocenters. The lowest BCUT2D eigenvalue weighted by Crippen LogP contribution is -2.21. The van der Waals surface area contributed by atoms with E-state index in [1.165, 1.54) is 26.6 Å². The molecule has 13 heavy (non-hydrogen) atoms. The van der Waals surface area contributed by atoms with Crippen LogP contribution in [0.2, 0.25) is 0 Å². The molecule has 0 fully saturated rings. The molecule has 0 rings (SSSR count). The van der Waals surface area contributed by atoms with Crippen LogP contribution < -0.4 is 0 Å². The second kappa shape index (κ2) is 8.47. The monoisotopic (exact) mass is 211 g/mol. The van der Waals surface area contributed by atoms with Gasteiger partial charge in [0.2, 0.25) is 0 Å². The molecular formula is C8H21NO3S. The maximum Gasteiger partial charge on any atom is 0.264 e. The Labute approximate surface area is 81.7 Å². The summed E-state index contributed by atoms with van der Waals surface area (Å²) in [6, 6.07) is 0. The van der Waals surface area contributed by atoms with E-state index in [0.29, 0.717) is 0 Å². The van der Waals surface area contributed by atoms with Crippen molar-refractivity contribution in [3.63, 3.8) is 0 Å². The van der Waals surface area contributed by atoms with Crippen molar-refractivity contribution in [1.82, 2.24) is 4.90 Å². The summed E-state index contributed by atoms with van der Waals surface area (Å²) in [7, 11) is -3.66. The molecule has 0 radical (unpaired) electrons. The molecule has 0 aromatic carbocycles. The molecule has 0 heterocycles. The molecule has 0 saturated carbocycles. The van der Waals surface area contributed by atoms with Crippen molar-refractivity contribution in [3.8, 4) is 0 Å². The molecule has 0 aliphatic heterocycles. The summed E-state index contributed by atoms with van der Waals surface area (Å²) in [5.41, 5.74) is 0. The molecule has 0 aromatic heterocycles. The molecule has 0 amide bonds. The standard InChI is InChI=1S/C6H15N.C2H6O3S/c1-4-7(5-2)6-3;1-2-6(3,4)5/h4-6H2,1-3H3;2H2,1H3,(H,3,4,5). The molecule has 0 spiro atoms. The van der Waals surface area contributed by atoms with Crippen LogP contribution >= 0.6 is 0 Å². The minimum Gasteiger partial charge on any atom is -0.304 e. The molecular weight excluding hydrogens is 190 g/mol. The Morgan fingerprint density at radius 3 is 1.23 bits per heavy atom. The van der Waals surface area contributed by atoms with E-state index in [9.17, 15) is 8.42 Å². The Bertz CT molecular complexity index is 180. The third-order valence-corrected chi connectivity index (χ3v) is 2.44. The van der Waals surface area contributed by atoms with Crippen molar-refractivity contribution in [1.29, 1.82) is 0 Å². The minimum absolute atomic E-state index is 0.201. The van der Waals surface area contributed by atoms with Crippen LogP contribution in [0.1, 0.15) is 27.7 Å². The fraction of sp³-hybridized carbons (Fsp3) is 1.00. The van der Waals surface area contributed by atoms with Gasteiger partial charge in [-0.15, -0.1) is 0 Å². The van der Waals surface area contributed by atoms with Crippen molar-refractivity contribution < 1.29 is 13.0 Å². The van der Waals surface area contributed by atoms with Crippen LogP contribution in [0.15, 0.2) is 0 Å². The molecule has 1 N–H and O–H groups in total. The zero-order valence-corrected chi connectivity index (χ0v) is 9.76. The van der Waals surface area contributed by atoms with Crippen LogP contribution in [0, 0.1) is 0 Å². The molecule has 0 bridgehead atoms. The normalized spacial score (nSPS) is 10.9. The van der Waals surface area contributed by atoms with E-state index in [1.807, 2.05) is 0 Å². The van der Waals surface area contributed by atoms with E-state index in [0.717, 1.165) is 0 Å². The first-order chi connectivity index (χ1) is 5.91. The Balaban J connectivity index is 0. The van der Waals surface area contributed by atoms with Gasteiger partial charge in [0.25, 0.3) is 10.1 Å². The van der Waals surface area contributed by atoms with Crippen molar-refractivity contribution in [2.45, 2.75) is 27.7 Å². The topological polar surface area (TPSA) is 57.6 Å². The fourth-order valence-corrected chi connectivity index (χ4v) is 0.671. The summed E-state index contributed by atoms with van der Waals surface area (Å²) in [4.78, 5) is 2.38. The molecule has 0 saturated heterocycles. The first-order valence-electron chi connectivity index (χ1n) is 4.58. The number of nitrogens with zero attached hydrogens (tertiary/aromatic N) is 1. The zero-order valence-electron chi connectivity index (χ0n) is 8.95. The van der Waals surface area contributed by atoms with Crippen LogP contribution in [-0.2, 0) is 10.1 Å². The third kappa shape index (κ3) is 14.7. The smallest absolute Gasteiger partial charge is 0.264 e. The van der Waals surface area contributed by atoms with E-state index in [2.05, 4.69) is 25.7 Å². The van der Waals surface area contributed by atoms with Gasteiger partial charge in [-0.25, -0.2) is 0 Å². The van der Waals surface area contributed by atoms with Gasteiger partial charge in [0.05, 0.1) is 5.75 Å². The highest BCUT2D eigenvalue weighted by Gasteiger charge is 1.93. The third-order valence-electron chi connectivity index (χ3n) is 1.71. The number of hydrogen-bond acceptors (Lipinski definition) is 3. The van der Waals surface area contributed by atoms with E-state index in [4.69, 9.17) is 4.55 Å². The summed E-state index contributed by atoms with van der Waals surface area (Å²) in [6.07, 6.45) is 0. The molecule has 4 nitrogen and oxygen atoms in total. The van der Waals surface area contributed by atoms with Crippen LogP contribution in [0.5, 0.6) is 0 Å².